The van der Waals surface area contributed by atoms with E-state index in [1.165, 1.54) is 42.5 Å². The number of amidine groups is 1. The molecule has 6 nitrogen and oxygen atoms in total. The number of anilines is 1. The maximum atomic E-state index is 13.6. The predicted octanol–water partition coefficient (Wildman–Crippen LogP) is 3.73. The summed E-state index contributed by atoms with van der Waals surface area (Å²) in [6, 6.07) is 11.9. The van der Waals surface area contributed by atoms with E-state index in [-0.39, 0.29) is 4.90 Å². The van der Waals surface area contributed by atoms with E-state index in [0.717, 1.165) is 19.3 Å². The standard InChI is InChI=1S/C21H22FN3O3S/c22-19-7-4-3-6-16(19)9-14-21(26)24-17-10-12-18(13-11-17)29(27,28)25-20-8-2-1-5-15-23-20/h3-4,6-7,9-14H,1-2,5,8,15H2,(H,23,25)(H,24,26)/b14-9+. The maximum Gasteiger partial charge on any atom is 0.262 e. The van der Waals surface area contributed by atoms with Crippen molar-refractivity contribution in [2.24, 2.45) is 4.99 Å². The van der Waals surface area contributed by atoms with Crippen LogP contribution in [0.15, 0.2) is 64.5 Å². The van der Waals surface area contributed by atoms with Gasteiger partial charge in [0.15, 0.2) is 0 Å². The van der Waals surface area contributed by atoms with Crippen LogP contribution in [0.1, 0.15) is 31.2 Å². The topological polar surface area (TPSA) is 87.6 Å². The molecule has 0 radical (unpaired) electrons. The molecule has 0 spiro atoms. The molecule has 2 aromatic carbocycles. The second-order valence-corrected chi connectivity index (χ2v) is 8.30. The second-order valence-electron chi connectivity index (χ2n) is 6.61. The largest absolute Gasteiger partial charge is 0.323 e. The number of nitrogens with one attached hydrogen (secondary N) is 2. The molecule has 152 valence electrons. The van der Waals surface area contributed by atoms with Gasteiger partial charge < -0.3 is 5.32 Å². The SMILES string of the molecule is O=C(/C=C/c1ccccc1F)Nc1ccc(S(=O)(=O)NC2=NCCCCC2)cc1. The van der Waals surface area contributed by atoms with E-state index in [0.29, 0.717) is 30.1 Å². The fraction of sp³-hybridized carbons (Fsp3) is 0.238. The minimum atomic E-state index is -3.72. The summed E-state index contributed by atoms with van der Waals surface area (Å²) < 4.78 is 41.1. The lowest BCUT2D eigenvalue weighted by Gasteiger charge is -2.10. The number of hydrogen-bond donors (Lipinski definition) is 2. The summed E-state index contributed by atoms with van der Waals surface area (Å²) in [5.41, 5.74) is 0.732. The number of nitrogens with zero attached hydrogens (tertiary/aromatic N) is 1. The number of aliphatic imine (C=N–C) groups is 1. The quantitative estimate of drug-likeness (QED) is 0.730. The monoisotopic (exact) mass is 415 g/mol. The van der Waals surface area contributed by atoms with Crippen LogP contribution in [0.25, 0.3) is 6.08 Å². The van der Waals surface area contributed by atoms with Gasteiger partial charge in [-0.25, -0.2) is 12.8 Å². The van der Waals surface area contributed by atoms with Crippen LogP contribution in [0.4, 0.5) is 10.1 Å². The normalized spacial score (nSPS) is 14.9. The first-order chi connectivity index (χ1) is 13.9. The number of rotatable bonds is 5. The molecule has 0 unspecified atom stereocenters. The summed E-state index contributed by atoms with van der Waals surface area (Å²) >= 11 is 0. The number of carbonyl (C=O) groups is 1. The molecular formula is C21H22FN3O3S. The van der Waals surface area contributed by atoms with Gasteiger partial charge in [-0.3, -0.25) is 14.5 Å². The molecule has 29 heavy (non-hydrogen) atoms. The molecule has 3 rings (SSSR count). The summed E-state index contributed by atoms with van der Waals surface area (Å²) in [5.74, 6) is -0.384. The van der Waals surface area contributed by atoms with Crippen molar-refractivity contribution in [3.05, 3.63) is 66.0 Å². The van der Waals surface area contributed by atoms with Crippen molar-refractivity contribution in [1.82, 2.24) is 4.72 Å². The fourth-order valence-corrected chi connectivity index (χ4v) is 3.94. The molecule has 0 bridgehead atoms. The molecule has 1 amide bonds. The molecule has 1 aliphatic rings. The second kappa shape index (κ2) is 9.47. The van der Waals surface area contributed by atoms with E-state index in [1.807, 2.05) is 0 Å². The molecule has 1 heterocycles. The molecule has 8 heteroatoms. The lowest BCUT2D eigenvalue weighted by Crippen LogP contribution is -2.30. The van der Waals surface area contributed by atoms with Crippen molar-refractivity contribution in [2.45, 2.75) is 30.6 Å². The Morgan fingerprint density at radius 2 is 1.79 bits per heavy atom. The highest BCUT2D eigenvalue weighted by Crippen LogP contribution is 2.16. The summed E-state index contributed by atoms with van der Waals surface area (Å²) in [6.45, 7) is 0.628. The molecule has 2 N–H and O–H groups in total. The van der Waals surface area contributed by atoms with E-state index in [1.54, 1.807) is 18.2 Å². The van der Waals surface area contributed by atoms with E-state index >= 15 is 0 Å². The third-order valence-electron chi connectivity index (χ3n) is 4.38. The van der Waals surface area contributed by atoms with Crippen molar-refractivity contribution in [1.29, 1.82) is 0 Å². The first kappa shape index (κ1) is 20.7. The van der Waals surface area contributed by atoms with E-state index in [2.05, 4.69) is 15.0 Å². The average molecular weight is 415 g/mol. The highest BCUT2D eigenvalue weighted by Gasteiger charge is 2.17. The zero-order valence-electron chi connectivity index (χ0n) is 15.8. The third kappa shape index (κ3) is 5.99. The average Bonchev–Trinajstić information content (AvgIpc) is 2.96. The molecule has 0 fully saturated rings. The zero-order valence-corrected chi connectivity index (χ0v) is 16.6. The molecule has 2 aromatic rings. The first-order valence-electron chi connectivity index (χ1n) is 9.34. The van der Waals surface area contributed by atoms with E-state index in [9.17, 15) is 17.6 Å². The third-order valence-corrected chi connectivity index (χ3v) is 5.78. The van der Waals surface area contributed by atoms with Gasteiger partial charge in [-0.1, -0.05) is 24.6 Å². The van der Waals surface area contributed by atoms with Gasteiger partial charge in [0.2, 0.25) is 5.91 Å². The Hall–Kier alpha value is -3.00. The lowest BCUT2D eigenvalue weighted by atomic mass is 10.2. The van der Waals surface area contributed by atoms with Crippen LogP contribution in [0.5, 0.6) is 0 Å². The number of benzene rings is 2. The van der Waals surface area contributed by atoms with Crippen LogP contribution in [0, 0.1) is 5.82 Å². The Labute approximate surface area is 169 Å². The highest BCUT2D eigenvalue weighted by atomic mass is 32.2. The Balaban J connectivity index is 1.62. The molecule has 0 saturated heterocycles. The molecule has 0 aliphatic carbocycles. The number of sulfonamides is 1. The Kier molecular flexibility index (Phi) is 6.77. The summed E-state index contributed by atoms with van der Waals surface area (Å²) in [5, 5.41) is 2.61. The van der Waals surface area contributed by atoms with Crippen molar-refractivity contribution >= 4 is 33.5 Å². The predicted molar refractivity (Wildman–Crippen MR) is 112 cm³/mol. The number of amides is 1. The Morgan fingerprint density at radius 1 is 1.03 bits per heavy atom. The fourth-order valence-electron chi connectivity index (χ4n) is 2.85. The van der Waals surface area contributed by atoms with Crippen LogP contribution in [0.2, 0.25) is 0 Å². The number of hydrogen-bond acceptors (Lipinski definition) is 4. The smallest absolute Gasteiger partial charge is 0.262 e. The zero-order chi connectivity index (χ0) is 20.7. The van der Waals surface area contributed by atoms with E-state index in [4.69, 9.17) is 0 Å². The van der Waals surface area contributed by atoms with Gasteiger partial charge >= 0.3 is 0 Å². The highest BCUT2D eigenvalue weighted by molar-refractivity contribution is 7.90. The van der Waals surface area contributed by atoms with Gasteiger partial charge in [0.1, 0.15) is 11.7 Å². The van der Waals surface area contributed by atoms with Gasteiger partial charge in [0.05, 0.1) is 4.90 Å². The van der Waals surface area contributed by atoms with Crippen LogP contribution in [-0.4, -0.2) is 26.7 Å². The molecule has 0 aromatic heterocycles. The Bertz CT molecular complexity index is 1030. The van der Waals surface area contributed by atoms with E-state index < -0.39 is 21.7 Å². The Morgan fingerprint density at radius 3 is 2.55 bits per heavy atom. The van der Waals surface area contributed by atoms with Gasteiger partial charge in [0, 0.05) is 30.3 Å². The number of halogens is 1. The van der Waals surface area contributed by atoms with Gasteiger partial charge in [0.25, 0.3) is 10.0 Å². The van der Waals surface area contributed by atoms with Gasteiger partial charge in [-0.2, -0.15) is 0 Å². The number of carbonyl (C=O) groups excluding carboxylic acids is 1. The molecular weight excluding hydrogens is 393 g/mol. The van der Waals surface area contributed by atoms with Crippen LogP contribution >= 0.6 is 0 Å². The first-order valence-corrected chi connectivity index (χ1v) is 10.8. The van der Waals surface area contributed by atoms with Gasteiger partial charge in [-0.05, 0) is 49.2 Å². The maximum absolute atomic E-state index is 13.6. The summed E-state index contributed by atoms with van der Waals surface area (Å²) in [4.78, 5) is 16.4. The van der Waals surface area contributed by atoms with Crippen LogP contribution in [-0.2, 0) is 14.8 Å². The lowest BCUT2D eigenvalue weighted by molar-refractivity contribution is -0.111. The molecule has 0 saturated carbocycles. The molecule has 0 atom stereocenters. The van der Waals surface area contributed by atoms with Gasteiger partial charge in [-0.15, -0.1) is 0 Å². The minimum Gasteiger partial charge on any atom is -0.323 e. The van der Waals surface area contributed by atoms with Crippen LogP contribution in [0.3, 0.4) is 0 Å². The van der Waals surface area contributed by atoms with Crippen molar-refractivity contribution < 1.29 is 17.6 Å². The van der Waals surface area contributed by atoms with Crippen molar-refractivity contribution in [2.75, 3.05) is 11.9 Å². The van der Waals surface area contributed by atoms with Crippen molar-refractivity contribution in [3.8, 4) is 0 Å². The summed E-state index contributed by atoms with van der Waals surface area (Å²) in [7, 11) is -3.72. The summed E-state index contributed by atoms with van der Waals surface area (Å²) in [6.07, 6.45) is 6.11. The molecule has 1 aliphatic heterocycles. The minimum absolute atomic E-state index is 0.0874. The van der Waals surface area contributed by atoms with Crippen molar-refractivity contribution in [3.63, 3.8) is 0 Å². The van der Waals surface area contributed by atoms with Crippen LogP contribution < -0.4 is 10.0 Å².